The Bertz CT molecular complexity index is 371. The summed E-state index contributed by atoms with van der Waals surface area (Å²) in [7, 11) is 0. The van der Waals surface area contributed by atoms with E-state index in [0.29, 0.717) is 0 Å². The molecule has 114 valence electrons. The first-order valence-corrected chi connectivity index (χ1v) is 7.83. The molecule has 20 heavy (non-hydrogen) atoms. The molecule has 0 aliphatic carbocycles. The van der Waals surface area contributed by atoms with Crippen LogP contribution >= 0.6 is 0 Å². The van der Waals surface area contributed by atoms with Crippen LogP contribution in [-0.4, -0.2) is 24.5 Å². The molecule has 0 fully saturated rings. The zero-order chi connectivity index (χ0) is 15.0. The molecule has 1 atom stereocenters. The Morgan fingerprint density at radius 3 is 2.00 bits per heavy atom. The van der Waals surface area contributed by atoms with Crippen molar-refractivity contribution in [2.75, 3.05) is 19.6 Å². The zero-order valence-electron chi connectivity index (χ0n) is 13.2. The van der Waals surface area contributed by atoms with Crippen LogP contribution in [0.5, 0.6) is 0 Å². The van der Waals surface area contributed by atoms with Gasteiger partial charge in [-0.2, -0.15) is 0 Å². The first kappa shape index (κ1) is 17.1. The minimum absolute atomic E-state index is 0.202. The van der Waals surface area contributed by atoms with Crippen LogP contribution in [0.1, 0.15) is 52.0 Å². The summed E-state index contributed by atoms with van der Waals surface area (Å²) in [5.41, 5.74) is 7.33. The Morgan fingerprint density at radius 1 is 1.00 bits per heavy atom. The molecule has 0 bridgehead atoms. The Hall–Kier alpha value is -0.930. The number of rotatable bonds is 9. The van der Waals surface area contributed by atoms with Crippen LogP contribution in [0.2, 0.25) is 0 Å². The molecule has 0 aromatic heterocycles. The van der Waals surface area contributed by atoms with Gasteiger partial charge in [-0.05, 0) is 50.0 Å². The van der Waals surface area contributed by atoms with Gasteiger partial charge in [-0.25, -0.2) is 4.39 Å². The molecule has 0 saturated heterocycles. The van der Waals surface area contributed by atoms with E-state index in [1.165, 1.54) is 12.1 Å². The lowest BCUT2D eigenvalue weighted by atomic mass is 9.86. The van der Waals surface area contributed by atoms with Crippen LogP contribution in [0.15, 0.2) is 24.3 Å². The highest BCUT2D eigenvalue weighted by Gasteiger charge is 2.28. The van der Waals surface area contributed by atoms with Crippen LogP contribution in [0, 0.1) is 5.82 Å². The normalized spacial score (nSPS) is 14.5. The number of nitrogens with zero attached hydrogens (tertiary/aromatic N) is 1. The monoisotopic (exact) mass is 280 g/mol. The summed E-state index contributed by atoms with van der Waals surface area (Å²) in [5, 5.41) is 0. The first-order valence-electron chi connectivity index (χ1n) is 7.83. The van der Waals surface area contributed by atoms with Gasteiger partial charge in [0.1, 0.15) is 5.82 Å². The van der Waals surface area contributed by atoms with E-state index < -0.39 is 0 Å². The van der Waals surface area contributed by atoms with Crippen LogP contribution < -0.4 is 5.73 Å². The number of halogens is 1. The second kappa shape index (κ2) is 8.38. The molecule has 1 aromatic rings. The van der Waals surface area contributed by atoms with Crippen molar-refractivity contribution in [2.24, 2.45) is 5.73 Å². The lowest BCUT2D eigenvalue weighted by Crippen LogP contribution is -2.48. The van der Waals surface area contributed by atoms with Crippen LogP contribution in [0.4, 0.5) is 4.39 Å². The topological polar surface area (TPSA) is 29.3 Å². The predicted octanol–water partition coefficient (Wildman–Crippen LogP) is 3.90. The van der Waals surface area contributed by atoms with Crippen LogP contribution in [0.3, 0.4) is 0 Å². The summed E-state index contributed by atoms with van der Waals surface area (Å²) >= 11 is 0. The maximum Gasteiger partial charge on any atom is 0.123 e. The van der Waals surface area contributed by atoms with Gasteiger partial charge in [0, 0.05) is 6.54 Å². The van der Waals surface area contributed by atoms with Crippen molar-refractivity contribution in [1.29, 1.82) is 0 Å². The third kappa shape index (κ3) is 4.88. The van der Waals surface area contributed by atoms with Crippen molar-refractivity contribution in [1.82, 2.24) is 4.90 Å². The SMILES string of the molecule is CCCN(CCC)CC(N)(CCC)c1ccc(F)cc1. The lowest BCUT2D eigenvalue weighted by Gasteiger charge is -2.36. The van der Waals surface area contributed by atoms with Gasteiger partial charge in [0.05, 0.1) is 5.54 Å². The molecule has 0 aliphatic heterocycles. The Balaban J connectivity index is 2.91. The maximum atomic E-state index is 13.1. The molecule has 2 nitrogen and oxygen atoms in total. The van der Waals surface area contributed by atoms with E-state index in [1.54, 1.807) is 0 Å². The number of hydrogen-bond acceptors (Lipinski definition) is 2. The van der Waals surface area contributed by atoms with Crippen molar-refractivity contribution < 1.29 is 4.39 Å². The van der Waals surface area contributed by atoms with E-state index in [0.717, 1.165) is 50.9 Å². The van der Waals surface area contributed by atoms with Gasteiger partial charge in [-0.15, -0.1) is 0 Å². The fraction of sp³-hybridized carbons (Fsp3) is 0.647. The van der Waals surface area contributed by atoms with Gasteiger partial charge in [-0.1, -0.05) is 39.3 Å². The van der Waals surface area contributed by atoms with Gasteiger partial charge in [-0.3, -0.25) is 0 Å². The number of hydrogen-bond donors (Lipinski definition) is 1. The molecular weight excluding hydrogens is 251 g/mol. The first-order chi connectivity index (χ1) is 9.55. The van der Waals surface area contributed by atoms with Crippen molar-refractivity contribution in [3.8, 4) is 0 Å². The Kier molecular flexibility index (Phi) is 7.17. The smallest absolute Gasteiger partial charge is 0.123 e. The van der Waals surface area contributed by atoms with Crippen molar-refractivity contribution in [3.63, 3.8) is 0 Å². The minimum atomic E-state index is -0.382. The van der Waals surface area contributed by atoms with Gasteiger partial charge in [0.25, 0.3) is 0 Å². The van der Waals surface area contributed by atoms with E-state index in [4.69, 9.17) is 5.73 Å². The van der Waals surface area contributed by atoms with Crippen molar-refractivity contribution in [2.45, 2.75) is 52.0 Å². The van der Waals surface area contributed by atoms with Crippen LogP contribution in [0.25, 0.3) is 0 Å². The van der Waals surface area contributed by atoms with Crippen molar-refractivity contribution >= 4 is 0 Å². The molecule has 0 spiro atoms. The Labute approximate surface area is 123 Å². The molecule has 0 saturated carbocycles. The highest BCUT2D eigenvalue weighted by molar-refractivity contribution is 5.25. The molecule has 0 heterocycles. The molecule has 0 aliphatic rings. The van der Waals surface area contributed by atoms with E-state index in [9.17, 15) is 4.39 Å². The molecular formula is C17H29FN2. The highest BCUT2D eigenvalue weighted by atomic mass is 19.1. The van der Waals surface area contributed by atoms with E-state index in [1.807, 2.05) is 12.1 Å². The average molecular weight is 280 g/mol. The summed E-state index contributed by atoms with van der Waals surface area (Å²) in [6.07, 6.45) is 4.21. The summed E-state index contributed by atoms with van der Waals surface area (Å²) in [5.74, 6) is -0.202. The van der Waals surface area contributed by atoms with Gasteiger partial charge >= 0.3 is 0 Å². The third-order valence-corrected chi connectivity index (χ3v) is 3.70. The quantitative estimate of drug-likeness (QED) is 0.743. The summed E-state index contributed by atoms with van der Waals surface area (Å²) in [6, 6.07) is 6.69. The minimum Gasteiger partial charge on any atom is -0.320 e. The summed E-state index contributed by atoms with van der Waals surface area (Å²) < 4.78 is 13.1. The molecule has 1 unspecified atom stereocenters. The predicted molar refractivity (Wildman–Crippen MR) is 84.2 cm³/mol. The highest BCUT2D eigenvalue weighted by Crippen LogP contribution is 2.25. The Morgan fingerprint density at radius 2 is 1.55 bits per heavy atom. The number of benzene rings is 1. The maximum absolute atomic E-state index is 13.1. The number of nitrogens with two attached hydrogens (primary N) is 1. The largest absolute Gasteiger partial charge is 0.320 e. The average Bonchev–Trinajstić information content (AvgIpc) is 2.40. The molecule has 0 amide bonds. The fourth-order valence-electron chi connectivity index (χ4n) is 2.84. The van der Waals surface area contributed by atoms with E-state index >= 15 is 0 Å². The van der Waals surface area contributed by atoms with Gasteiger partial charge < -0.3 is 10.6 Å². The zero-order valence-corrected chi connectivity index (χ0v) is 13.2. The van der Waals surface area contributed by atoms with E-state index in [-0.39, 0.29) is 11.4 Å². The fourth-order valence-corrected chi connectivity index (χ4v) is 2.84. The summed E-state index contributed by atoms with van der Waals surface area (Å²) in [4.78, 5) is 2.43. The van der Waals surface area contributed by atoms with Gasteiger partial charge in [0.2, 0.25) is 0 Å². The standard InChI is InChI=1S/C17H29FN2/c1-4-11-17(19,14-20(12-5-2)13-6-3)15-7-9-16(18)10-8-15/h7-10H,4-6,11-14,19H2,1-3H3. The van der Waals surface area contributed by atoms with E-state index in [2.05, 4.69) is 25.7 Å². The molecule has 1 rings (SSSR count). The van der Waals surface area contributed by atoms with Crippen LogP contribution in [-0.2, 0) is 5.54 Å². The summed E-state index contributed by atoms with van der Waals surface area (Å²) in [6.45, 7) is 9.51. The third-order valence-electron chi connectivity index (χ3n) is 3.70. The molecule has 3 heteroatoms. The molecule has 0 radical (unpaired) electrons. The second-order valence-corrected chi connectivity index (χ2v) is 5.69. The van der Waals surface area contributed by atoms with Gasteiger partial charge in [0.15, 0.2) is 0 Å². The lowest BCUT2D eigenvalue weighted by molar-refractivity contribution is 0.199. The second-order valence-electron chi connectivity index (χ2n) is 5.69. The van der Waals surface area contributed by atoms with Crippen molar-refractivity contribution in [3.05, 3.63) is 35.6 Å². The molecule has 1 aromatic carbocycles. The molecule has 2 N–H and O–H groups in total.